The molecule has 0 unspecified atom stereocenters. The summed E-state index contributed by atoms with van der Waals surface area (Å²) < 4.78 is 16.8. The first-order valence-electron chi connectivity index (χ1n) is 0.289. The van der Waals surface area contributed by atoms with Gasteiger partial charge >= 0.3 is 52.0 Å². The normalized spacial score (nSPS) is 4.00. The summed E-state index contributed by atoms with van der Waals surface area (Å²) in [5.74, 6) is 0. The zero-order chi connectivity index (χ0) is 2.71. The van der Waals surface area contributed by atoms with Crippen LogP contribution in [0.4, 0.5) is 0 Å². The van der Waals surface area contributed by atoms with Crippen LogP contribution in [-0.2, 0) is 22.5 Å². The third kappa shape index (κ3) is 11.2. The third-order valence-electron chi connectivity index (χ3n) is 0. The van der Waals surface area contributed by atoms with E-state index in [4.69, 9.17) is 7.67 Å². The van der Waals surface area contributed by atoms with E-state index in [1.807, 2.05) is 0 Å². The first-order chi connectivity index (χ1) is 1.41. The quantitative estimate of drug-likeness (QED) is 0.310. The first kappa shape index (κ1) is 8.93. The molecule has 4 heteroatoms. The minimum absolute atomic E-state index is 0. The Morgan fingerprint density at radius 2 is 1.50 bits per heavy atom. The van der Waals surface area contributed by atoms with Gasteiger partial charge in [-0.1, -0.05) is 0 Å². The van der Waals surface area contributed by atoms with Gasteiger partial charge in [0.2, 0.25) is 0 Å². The Morgan fingerprint density at radius 3 is 1.50 bits per heavy atom. The summed E-state index contributed by atoms with van der Waals surface area (Å²) in [7, 11) is 0. The van der Waals surface area contributed by atoms with Gasteiger partial charge in [-0.3, -0.25) is 0 Å². The fraction of sp³-hybridized carbons (Fsp3) is 0. The minimum atomic E-state index is -1.25. The molecule has 0 bridgehead atoms. The molecule has 0 aromatic rings. The summed E-state index contributed by atoms with van der Waals surface area (Å²) in [6.45, 7) is 0. The molecule has 0 aliphatic carbocycles. The summed E-state index contributed by atoms with van der Waals surface area (Å²) >= 11 is -1.25. The second-order valence-corrected chi connectivity index (χ2v) is 0.243. The second-order valence-electron chi connectivity index (χ2n) is 0.0589. The van der Waals surface area contributed by atoms with Gasteiger partial charge in [-0.25, -0.2) is 0 Å². The Morgan fingerprint density at radius 1 is 1.50 bits per heavy atom. The fourth-order valence-corrected chi connectivity index (χ4v) is 0. The van der Waals surface area contributed by atoms with Gasteiger partial charge < -0.3 is 1.43 Å². The van der Waals surface area contributed by atoms with Crippen LogP contribution in [0.1, 0.15) is 1.43 Å². The molecule has 0 heterocycles. The zero-order valence-corrected chi connectivity index (χ0v) is 5.27. The van der Waals surface area contributed by atoms with Gasteiger partial charge in [-0.2, -0.15) is 0 Å². The summed E-state index contributed by atoms with van der Waals surface area (Å²) in [6.07, 6.45) is 0. The summed E-state index contributed by atoms with van der Waals surface area (Å²) in [5, 5.41) is 0. The molecule has 0 atom stereocenters. The molecule has 2 nitrogen and oxygen atoms in total. The molecule has 0 saturated heterocycles. The van der Waals surface area contributed by atoms with Crippen LogP contribution in [0.2, 0.25) is 0 Å². The molecule has 0 radical (unpaired) electrons. The predicted molar refractivity (Wildman–Crippen MR) is 2.49 cm³/mol. The van der Waals surface area contributed by atoms with E-state index in [0.717, 1.165) is 0 Å². The van der Waals surface area contributed by atoms with E-state index in [9.17, 15) is 0 Å². The average Bonchev–Trinajstić information content (AvgIpc) is 0.918. The van der Waals surface area contributed by atoms with Crippen LogP contribution >= 0.6 is 0 Å². The monoisotopic (exact) mass is 112 g/mol. The molecule has 0 fully saturated rings. The number of hydrogen-bond donors (Lipinski definition) is 0. The first-order valence-corrected chi connectivity index (χ1v) is 1.19. The van der Waals surface area contributed by atoms with E-state index in [0.29, 0.717) is 0 Å². The Hall–Kier alpha value is 1.12. The molecule has 0 aliphatic rings. The number of rotatable bonds is 0. The van der Waals surface area contributed by atoms with E-state index in [2.05, 4.69) is 0 Å². The molecule has 0 aromatic heterocycles. The molecular weight excluding hydrogens is 111 g/mol. The molecular formula is HFeNaO2. The fourth-order valence-electron chi connectivity index (χ4n) is 0. The average molecular weight is 112 g/mol. The molecule has 0 amide bonds. The van der Waals surface area contributed by atoms with Crippen molar-refractivity contribution >= 4 is 0 Å². The second kappa shape index (κ2) is 8.92. The Bertz CT molecular complexity index is 30.6. The van der Waals surface area contributed by atoms with Crippen molar-refractivity contribution in [1.82, 2.24) is 0 Å². The molecule has 4 heavy (non-hydrogen) atoms. The van der Waals surface area contributed by atoms with E-state index < -0.39 is 14.8 Å². The summed E-state index contributed by atoms with van der Waals surface area (Å²) in [6, 6.07) is 0. The Labute approximate surface area is 53.3 Å². The Balaban J connectivity index is -0.0000000200. The molecule has 0 saturated carbocycles. The van der Waals surface area contributed by atoms with Crippen LogP contribution in [0, 0.1) is 0 Å². The van der Waals surface area contributed by atoms with Crippen LogP contribution in [0.3, 0.4) is 0 Å². The van der Waals surface area contributed by atoms with Crippen molar-refractivity contribution in [2.75, 3.05) is 0 Å². The van der Waals surface area contributed by atoms with E-state index in [-0.39, 0.29) is 31.0 Å². The van der Waals surface area contributed by atoms with Gasteiger partial charge in [0.1, 0.15) is 0 Å². The van der Waals surface area contributed by atoms with Crippen LogP contribution in [0.25, 0.3) is 0 Å². The van der Waals surface area contributed by atoms with Crippen molar-refractivity contribution in [3.8, 4) is 0 Å². The maximum absolute atomic E-state index is 8.38. The topological polar surface area (TPSA) is 34.1 Å². The predicted octanol–water partition coefficient (Wildman–Crippen LogP) is -3.12. The van der Waals surface area contributed by atoms with E-state index >= 15 is 0 Å². The van der Waals surface area contributed by atoms with E-state index in [1.165, 1.54) is 0 Å². The van der Waals surface area contributed by atoms with Gasteiger partial charge in [0, 0.05) is 0 Å². The zero-order valence-electron chi connectivity index (χ0n) is 3.17. The van der Waals surface area contributed by atoms with Crippen LogP contribution < -0.4 is 29.6 Å². The standard InChI is InChI=1S/Fe.Na.2O.H/q;+1;;;-1. The van der Waals surface area contributed by atoms with Crippen molar-refractivity contribution in [2.24, 2.45) is 0 Å². The number of hydrogen-bond acceptors (Lipinski definition) is 2. The maximum atomic E-state index is 8.38. The summed E-state index contributed by atoms with van der Waals surface area (Å²) in [4.78, 5) is 0. The molecule has 0 aliphatic heterocycles. The molecule has 0 aromatic carbocycles. The van der Waals surface area contributed by atoms with Crippen molar-refractivity contribution in [3.63, 3.8) is 0 Å². The Kier molecular flexibility index (Phi) is 19.9. The summed E-state index contributed by atoms with van der Waals surface area (Å²) in [5.41, 5.74) is 0. The van der Waals surface area contributed by atoms with Crippen LogP contribution in [0.15, 0.2) is 0 Å². The SMILES string of the molecule is [H-].[Na+].[O]=[Fe]=[O]. The molecule has 22 valence electrons. The van der Waals surface area contributed by atoms with Gasteiger partial charge in [-0.05, 0) is 0 Å². The van der Waals surface area contributed by atoms with Crippen molar-refractivity contribution in [1.29, 1.82) is 0 Å². The van der Waals surface area contributed by atoms with Gasteiger partial charge in [-0.15, -0.1) is 0 Å². The third-order valence-corrected chi connectivity index (χ3v) is 0. The van der Waals surface area contributed by atoms with Gasteiger partial charge in [0.25, 0.3) is 0 Å². The van der Waals surface area contributed by atoms with Crippen LogP contribution in [0.5, 0.6) is 0 Å². The molecule has 0 N–H and O–H groups in total. The van der Waals surface area contributed by atoms with Crippen molar-refractivity contribution in [3.05, 3.63) is 0 Å². The van der Waals surface area contributed by atoms with Gasteiger partial charge in [0.05, 0.1) is 0 Å². The van der Waals surface area contributed by atoms with Gasteiger partial charge in [0.15, 0.2) is 0 Å². The van der Waals surface area contributed by atoms with E-state index in [1.54, 1.807) is 0 Å². The molecule has 0 spiro atoms. The van der Waals surface area contributed by atoms with Crippen molar-refractivity contribution in [2.45, 2.75) is 0 Å². The van der Waals surface area contributed by atoms with Crippen LogP contribution in [-0.4, -0.2) is 0 Å². The van der Waals surface area contributed by atoms with Crippen molar-refractivity contribution < 1.29 is 53.5 Å². The molecule has 0 rings (SSSR count).